The molecule has 0 aliphatic rings. The third-order valence-corrected chi connectivity index (χ3v) is 2.73. The summed E-state index contributed by atoms with van der Waals surface area (Å²) in [5.41, 5.74) is 2.00. The summed E-state index contributed by atoms with van der Waals surface area (Å²) in [6.45, 7) is 4.62. The Morgan fingerprint density at radius 3 is 2.79 bits per heavy atom. The van der Waals surface area contributed by atoms with Crippen LogP contribution in [0.3, 0.4) is 0 Å². The maximum absolute atomic E-state index is 10.5. The topological polar surface area (TPSA) is 60.8 Å². The van der Waals surface area contributed by atoms with Gasteiger partial charge in [0.15, 0.2) is 0 Å². The number of carboxylic acid groups (broad SMARTS) is 1. The van der Waals surface area contributed by atoms with Gasteiger partial charge in [-0.05, 0) is 30.2 Å². The molecular weight excluding hydrogens is 242 g/mol. The first kappa shape index (κ1) is 15.4. The van der Waals surface area contributed by atoms with E-state index < -0.39 is 5.97 Å². The van der Waals surface area contributed by atoms with Crippen molar-refractivity contribution in [1.82, 2.24) is 4.90 Å². The zero-order valence-electron chi connectivity index (χ0n) is 11.2. The van der Waals surface area contributed by atoms with Gasteiger partial charge in [-0.25, -0.2) is 4.79 Å². The van der Waals surface area contributed by atoms with Gasteiger partial charge in [-0.3, -0.25) is 4.90 Å². The summed E-state index contributed by atoms with van der Waals surface area (Å²) >= 11 is 0. The SMILES string of the molecule is CCCN(CCO)Cc1cccc(/C=C/C(=O)O)c1. The highest BCUT2D eigenvalue weighted by Gasteiger charge is 2.04. The number of carboxylic acids is 1. The minimum atomic E-state index is -0.946. The minimum absolute atomic E-state index is 0.151. The summed E-state index contributed by atoms with van der Waals surface area (Å²) in [5.74, 6) is -0.946. The van der Waals surface area contributed by atoms with Crippen LogP contribution in [-0.4, -0.2) is 40.8 Å². The Bertz CT molecular complexity index is 423. The lowest BCUT2D eigenvalue weighted by molar-refractivity contribution is -0.131. The van der Waals surface area contributed by atoms with Crippen molar-refractivity contribution in [3.8, 4) is 0 Å². The molecule has 1 aromatic carbocycles. The van der Waals surface area contributed by atoms with E-state index in [-0.39, 0.29) is 6.61 Å². The summed E-state index contributed by atoms with van der Waals surface area (Å²) in [6, 6.07) is 7.77. The lowest BCUT2D eigenvalue weighted by Crippen LogP contribution is -2.27. The molecule has 1 aromatic rings. The molecule has 0 saturated carbocycles. The predicted molar refractivity (Wildman–Crippen MR) is 75.8 cm³/mol. The second-order valence-corrected chi connectivity index (χ2v) is 4.42. The number of hydrogen-bond donors (Lipinski definition) is 2. The van der Waals surface area contributed by atoms with Crippen LogP contribution in [0.1, 0.15) is 24.5 Å². The molecule has 19 heavy (non-hydrogen) atoms. The average Bonchev–Trinajstić information content (AvgIpc) is 2.37. The van der Waals surface area contributed by atoms with Gasteiger partial charge in [0.05, 0.1) is 6.61 Å². The number of aliphatic hydroxyl groups is 1. The average molecular weight is 263 g/mol. The van der Waals surface area contributed by atoms with Crippen molar-refractivity contribution < 1.29 is 15.0 Å². The molecule has 0 heterocycles. The first-order chi connectivity index (χ1) is 9.15. The Kier molecular flexibility index (Phi) is 6.85. The molecule has 4 nitrogen and oxygen atoms in total. The van der Waals surface area contributed by atoms with Crippen LogP contribution in [0.2, 0.25) is 0 Å². The molecule has 0 aliphatic heterocycles. The predicted octanol–water partition coefficient (Wildman–Crippen LogP) is 1.99. The van der Waals surface area contributed by atoms with Gasteiger partial charge in [0.2, 0.25) is 0 Å². The Morgan fingerprint density at radius 2 is 2.16 bits per heavy atom. The standard InChI is InChI=1S/C15H21NO3/c1-2-8-16(9-10-17)12-14-5-3-4-13(11-14)6-7-15(18)19/h3-7,11,17H,2,8-10,12H2,1H3,(H,18,19)/b7-6+. The Balaban J connectivity index is 2.72. The highest BCUT2D eigenvalue weighted by molar-refractivity contribution is 5.85. The van der Waals surface area contributed by atoms with Crippen molar-refractivity contribution in [2.75, 3.05) is 19.7 Å². The van der Waals surface area contributed by atoms with Crippen LogP contribution in [0.5, 0.6) is 0 Å². The highest BCUT2D eigenvalue weighted by atomic mass is 16.4. The second-order valence-electron chi connectivity index (χ2n) is 4.42. The van der Waals surface area contributed by atoms with Crippen LogP contribution < -0.4 is 0 Å². The first-order valence-electron chi connectivity index (χ1n) is 6.49. The molecule has 104 valence electrons. The molecule has 1 rings (SSSR count). The maximum Gasteiger partial charge on any atom is 0.328 e. The van der Waals surface area contributed by atoms with Gasteiger partial charge in [-0.15, -0.1) is 0 Å². The first-order valence-corrected chi connectivity index (χ1v) is 6.49. The van der Waals surface area contributed by atoms with E-state index in [1.165, 1.54) is 0 Å². The molecule has 0 aliphatic carbocycles. The second kappa shape index (κ2) is 8.45. The molecular formula is C15H21NO3. The van der Waals surface area contributed by atoms with Crippen LogP contribution in [0.25, 0.3) is 6.08 Å². The number of hydrogen-bond acceptors (Lipinski definition) is 3. The zero-order chi connectivity index (χ0) is 14.1. The molecule has 4 heteroatoms. The molecule has 0 unspecified atom stereocenters. The maximum atomic E-state index is 10.5. The van der Waals surface area contributed by atoms with E-state index in [2.05, 4.69) is 11.8 Å². The summed E-state index contributed by atoms with van der Waals surface area (Å²) in [7, 11) is 0. The van der Waals surface area contributed by atoms with Gasteiger partial charge >= 0.3 is 5.97 Å². The summed E-state index contributed by atoms with van der Waals surface area (Å²) in [4.78, 5) is 12.7. The van der Waals surface area contributed by atoms with E-state index in [0.717, 1.165) is 36.7 Å². The van der Waals surface area contributed by atoms with Crippen molar-refractivity contribution in [3.63, 3.8) is 0 Å². The number of nitrogens with zero attached hydrogens (tertiary/aromatic N) is 1. The minimum Gasteiger partial charge on any atom is -0.478 e. The molecule has 0 atom stereocenters. The van der Waals surface area contributed by atoms with E-state index in [0.29, 0.717) is 6.54 Å². The van der Waals surface area contributed by atoms with Crippen molar-refractivity contribution in [2.45, 2.75) is 19.9 Å². The van der Waals surface area contributed by atoms with E-state index in [1.807, 2.05) is 24.3 Å². The zero-order valence-corrected chi connectivity index (χ0v) is 11.2. The van der Waals surface area contributed by atoms with Gasteiger partial charge in [0.1, 0.15) is 0 Å². The van der Waals surface area contributed by atoms with Crippen molar-refractivity contribution in [3.05, 3.63) is 41.5 Å². The fourth-order valence-electron chi connectivity index (χ4n) is 1.95. The number of benzene rings is 1. The molecule has 0 bridgehead atoms. The van der Waals surface area contributed by atoms with Crippen molar-refractivity contribution in [2.24, 2.45) is 0 Å². The molecule has 2 N–H and O–H groups in total. The largest absolute Gasteiger partial charge is 0.478 e. The Morgan fingerprint density at radius 1 is 1.37 bits per heavy atom. The van der Waals surface area contributed by atoms with E-state index >= 15 is 0 Å². The third-order valence-electron chi connectivity index (χ3n) is 2.73. The molecule has 0 radical (unpaired) electrons. The highest BCUT2D eigenvalue weighted by Crippen LogP contribution is 2.10. The lowest BCUT2D eigenvalue weighted by Gasteiger charge is -2.20. The Hall–Kier alpha value is -1.65. The van der Waals surface area contributed by atoms with Crippen LogP contribution >= 0.6 is 0 Å². The number of carbonyl (C=O) groups is 1. The van der Waals surface area contributed by atoms with Gasteiger partial charge in [0, 0.05) is 19.2 Å². The normalized spacial score (nSPS) is 11.3. The summed E-state index contributed by atoms with van der Waals surface area (Å²) < 4.78 is 0. The fraction of sp³-hybridized carbons (Fsp3) is 0.400. The molecule has 0 aromatic heterocycles. The van der Waals surface area contributed by atoms with Gasteiger partial charge in [-0.1, -0.05) is 31.2 Å². The Labute approximate surface area is 114 Å². The van der Waals surface area contributed by atoms with Crippen LogP contribution in [0.4, 0.5) is 0 Å². The molecule has 0 spiro atoms. The summed E-state index contributed by atoms with van der Waals surface area (Å²) in [6.07, 6.45) is 3.76. The van der Waals surface area contributed by atoms with E-state index in [9.17, 15) is 4.79 Å². The fourth-order valence-corrected chi connectivity index (χ4v) is 1.95. The number of aliphatic carboxylic acids is 1. The molecule has 0 fully saturated rings. The van der Waals surface area contributed by atoms with Gasteiger partial charge in [0.25, 0.3) is 0 Å². The lowest BCUT2D eigenvalue weighted by atomic mass is 10.1. The third kappa shape index (κ3) is 6.18. The quantitative estimate of drug-likeness (QED) is 0.704. The van der Waals surface area contributed by atoms with Crippen LogP contribution in [0, 0.1) is 0 Å². The monoisotopic (exact) mass is 263 g/mol. The molecule has 0 amide bonds. The number of aliphatic hydroxyl groups excluding tert-OH is 1. The van der Waals surface area contributed by atoms with E-state index in [4.69, 9.17) is 10.2 Å². The van der Waals surface area contributed by atoms with Crippen LogP contribution in [0.15, 0.2) is 30.3 Å². The smallest absolute Gasteiger partial charge is 0.328 e. The summed E-state index contributed by atoms with van der Waals surface area (Å²) in [5, 5.41) is 17.6. The van der Waals surface area contributed by atoms with Crippen LogP contribution in [-0.2, 0) is 11.3 Å². The van der Waals surface area contributed by atoms with Gasteiger partial charge in [-0.2, -0.15) is 0 Å². The van der Waals surface area contributed by atoms with E-state index in [1.54, 1.807) is 6.08 Å². The number of rotatable bonds is 8. The van der Waals surface area contributed by atoms with Crippen molar-refractivity contribution in [1.29, 1.82) is 0 Å². The molecule has 0 saturated heterocycles. The van der Waals surface area contributed by atoms with Gasteiger partial charge < -0.3 is 10.2 Å². The van der Waals surface area contributed by atoms with Crippen molar-refractivity contribution >= 4 is 12.0 Å².